The number of hydrogen-bond acceptors (Lipinski definition) is 3. The van der Waals surface area contributed by atoms with Crippen LogP contribution in [-0.4, -0.2) is 31.1 Å². The van der Waals surface area contributed by atoms with Crippen molar-refractivity contribution >= 4 is 11.3 Å². The molecule has 1 saturated carbocycles. The van der Waals surface area contributed by atoms with Gasteiger partial charge < -0.3 is 10.2 Å². The molecule has 16 heavy (non-hydrogen) atoms. The van der Waals surface area contributed by atoms with Gasteiger partial charge in [-0.25, -0.2) is 0 Å². The van der Waals surface area contributed by atoms with Crippen molar-refractivity contribution in [3.8, 4) is 0 Å². The van der Waals surface area contributed by atoms with E-state index in [9.17, 15) is 0 Å². The Kier molecular flexibility index (Phi) is 4.38. The van der Waals surface area contributed by atoms with E-state index in [4.69, 9.17) is 0 Å². The van der Waals surface area contributed by atoms with Crippen molar-refractivity contribution in [3.05, 3.63) is 22.4 Å². The van der Waals surface area contributed by atoms with Gasteiger partial charge in [0.1, 0.15) is 0 Å². The first kappa shape index (κ1) is 12.1. The lowest BCUT2D eigenvalue weighted by atomic mass is 10.1. The highest BCUT2D eigenvalue weighted by atomic mass is 32.1. The van der Waals surface area contributed by atoms with Crippen molar-refractivity contribution in [1.29, 1.82) is 0 Å². The minimum atomic E-state index is 0.740. The van der Waals surface area contributed by atoms with Gasteiger partial charge in [0.15, 0.2) is 0 Å². The van der Waals surface area contributed by atoms with Crippen LogP contribution in [0.4, 0.5) is 0 Å². The maximum Gasteiger partial charge on any atom is 0.0239 e. The largest absolute Gasteiger partial charge is 0.314 e. The summed E-state index contributed by atoms with van der Waals surface area (Å²) in [6, 6.07) is 3.05. The molecule has 1 unspecified atom stereocenters. The summed E-state index contributed by atoms with van der Waals surface area (Å²) in [5.74, 6) is 0.740. The van der Waals surface area contributed by atoms with Gasteiger partial charge in [-0.05, 0) is 54.7 Å². The second-order valence-corrected chi connectivity index (χ2v) is 5.90. The van der Waals surface area contributed by atoms with E-state index in [1.165, 1.54) is 31.5 Å². The predicted molar refractivity (Wildman–Crippen MR) is 70.8 cm³/mol. The van der Waals surface area contributed by atoms with Crippen molar-refractivity contribution in [2.45, 2.75) is 32.4 Å². The predicted octanol–water partition coefficient (Wildman–Crippen LogP) is 2.57. The summed E-state index contributed by atoms with van der Waals surface area (Å²) in [5, 5.41) is 7.99. The molecule has 1 N–H and O–H groups in total. The molecular formula is C13H22N2S. The maximum atomic E-state index is 3.60. The van der Waals surface area contributed by atoms with Crippen molar-refractivity contribution in [3.63, 3.8) is 0 Å². The fourth-order valence-corrected chi connectivity index (χ4v) is 2.67. The Bertz CT molecular complexity index is 293. The Balaban J connectivity index is 1.63. The van der Waals surface area contributed by atoms with Crippen molar-refractivity contribution < 1.29 is 0 Å². The van der Waals surface area contributed by atoms with Crippen molar-refractivity contribution in [2.24, 2.45) is 5.92 Å². The minimum absolute atomic E-state index is 0.740. The monoisotopic (exact) mass is 238 g/mol. The molecule has 0 saturated heterocycles. The van der Waals surface area contributed by atoms with E-state index in [0.29, 0.717) is 0 Å². The minimum Gasteiger partial charge on any atom is -0.314 e. The number of nitrogens with zero attached hydrogens (tertiary/aromatic N) is 1. The summed E-state index contributed by atoms with van der Waals surface area (Å²) in [7, 11) is 2.21. The molecule has 2 nitrogen and oxygen atoms in total. The third-order valence-electron chi connectivity index (χ3n) is 2.99. The van der Waals surface area contributed by atoms with E-state index >= 15 is 0 Å². The Labute approximate surface area is 103 Å². The lowest BCUT2D eigenvalue weighted by molar-refractivity contribution is 0.274. The van der Waals surface area contributed by atoms with Crippen LogP contribution < -0.4 is 5.32 Å². The van der Waals surface area contributed by atoms with Crippen LogP contribution in [0.5, 0.6) is 0 Å². The normalized spacial score (nSPS) is 17.9. The van der Waals surface area contributed by atoms with Crippen LogP contribution in [0, 0.1) is 5.92 Å². The van der Waals surface area contributed by atoms with Gasteiger partial charge >= 0.3 is 0 Å². The van der Waals surface area contributed by atoms with Crippen LogP contribution in [0.3, 0.4) is 0 Å². The SMILES string of the molecule is CC(CNC1CC1)CN(C)Cc1ccsc1. The molecule has 1 atom stereocenters. The number of thiophene rings is 1. The van der Waals surface area contributed by atoms with E-state index in [1.807, 2.05) is 0 Å². The fraction of sp³-hybridized carbons (Fsp3) is 0.692. The molecule has 0 spiro atoms. The van der Waals surface area contributed by atoms with Gasteiger partial charge in [-0.2, -0.15) is 11.3 Å². The second kappa shape index (κ2) is 5.80. The molecular weight excluding hydrogens is 216 g/mol. The quantitative estimate of drug-likeness (QED) is 0.785. The molecule has 1 fully saturated rings. The van der Waals surface area contributed by atoms with Gasteiger partial charge in [-0.1, -0.05) is 6.92 Å². The average molecular weight is 238 g/mol. The molecule has 0 radical (unpaired) electrons. The highest BCUT2D eigenvalue weighted by molar-refractivity contribution is 7.07. The van der Waals surface area contributed by atoms with Crippen LogP contribution >= 0.6 is 11.3 Å². The molecule has 1 aliphatic carbocycles. The Hall–Kier alpha value is -0.380. The first-order valence-electron chi connectivity index (χ1n) is 6.17. The smallest absolute Gasteiger partial charge is 0.0239 e. The van der Waals surface area contributed by atoms with E-state index in [-0.39, 0.29) is 0 Å². The first-order valence-corrected chi connectivity index (χ1v) is 7.11. The highest BCUT2D eigenvalue weighted by Gasteiger charge is 2.21. The molecule has 1 aromatic rings. The second-order valence-electron chi connectivity index (χ2n) is 5.12. The van der Waals surface area contributed by atoms with E-state index in [2.05, 4.69) is 41.0 Å². The summed E-state index contributed by atoms with van der Waals surface area (Å²) in [5.41, 5.74) is 1.44. The van der Waals surface area contributed by atoms with Gasteiger partial charge in [0.05, 0.1) is 0 Å². The molecule has 0 aromatic carbocycles. The van der Waals surface area contributed by atoms with Crippen molar-refractivity contribution in [1.82, 2.24) is 10.2 Å². The fourth-order valence-electron chi connectivity index (χ4n) is 2.01. The van der Waals surface area contributed by atoms with Gasteiger partial charge in [0, 0.05) is 19.1 Å². The van der Waals surface area contributed by atoms with Crippen LogP contribution in [0.2, 0.25) is 0 Å². The highest BCUT2D eigenvalue weighted by Crippen LogP contribution is 2.18. The lowest BCUT2D eigenvalue weighted by Gasteiger charge is -2.21. The Morgan fingerprint density at radius 3 is 3.00 bits per heavy atom. The molecule has 0 bridgehead atoms. The first-order chi connectivity index (χ1) is 7.74. The van der Waals surface area contributed by atoms with E-state index in [1.54, 1.807) is 11.3 Å². The standard InChI is InChI=1S/C13H22N2S/c1-11(7-14-13-3-4-13)8-15(2)9-12-5-6-16-10-12/h5-6,10-11,13-14H,3-4,7-9H2,1-2H3. The van der Waals surface area contributed by atoms with E-state index < -0.39 is 0 Å². The average Bonchev–Trinajstić information content (AvgIpc) is 2.94. The number of nitrogens with one attached hydrogen (secondary N) is 1. The summed E-state index contributed by atoms with van der Waals surface area (Å²) >= 11 is 1.78. The lowest BCUT2D eigenvalue weighted by Crippen LogP contribution is -2.31. The van der Waals surface area contributed by atoms with Crippen molar-refractivity contribution in [2.75, 3.05) is 20.1 Å². The topological polar surface area (TPSA) is 15.3 Å². The third kappa shape index (κ3) is 4.24. The zero-order valence-electron chi connectivity index (χ0n) is 10.3. The summed E-state index contributed by atoms with van der Waals surface area (Å²) in [6.45, 7) is 5.75. The molecule has 0 aliphatic heterocycles. The van der Waals surface area contributed by atoms with E-state index in [0.717, 1.165) is 18.5 Å². The molecule has 1 heterocycles. The van der Waals surface area contributed by atoms with Crippen LogP contribution in [0.15, 0.2) is 16.8 Å². The van der Waals surface area contributed by atoms with Crippen LogP contribution in [0.1, 0.15) is 25.3 Å². The van der Waals surface area contributed by atoms with Gasteiger partial charge in [0.25, 0.3) is 0 Å². The van der Waals surface area contributed by atoms with Gasteiger partial charge in [-0.3, -0.25) is 0 Å². The third-order valence-corrected chi connectivity index (χ3v) is 3.72. The molecule has 2 rings (SSSR count). The Morgan fingerprint density at radius 2 is 2.38 bits per heavy atom. The summed E-state index contributed by atoms with van der Waals surface area (Å²) < 4.78 is 0. The van der Waals surface area contributed by atoms with Gasteiger partial charge in [0.2, 0.25) is 0 Å². The summed E-state index contributed by atoms with van der Waals surface area (Å²) in [6.07, 6.45) is 2.77. The Morgan fingerprint density at radius 1 is 1.56 bits per heavy atom. The maximum absolute atomic E-state index is 3.60. The molecule has 3 heteroatoms. The molecule has 1 aliphatic rings. The van der Waals surface area contributed by atoms with Crippen LogP contribution in [0.25, 0.3) is 0 Å². The molecule has 1 aromatic heterocycles. The number of rotatable bonds is 7. The summed E-state index contributed by atoms with van der Waals surface area (Å²) in [4.78, 5) is 2.42. The zero-order valence-corrected chi connectivity index (χ0v) is 11.1. The zero-order chi connectivity index (χ0) is 11.4. The number of hydrogen-bond donors (Lipinski definition) is 1. The van der Waals surface area contributed by atoms with Crippen LogP contribution in [-0.2, 0) is 6.54 Å². The van der Waals surface area contributed by atoms with Gasteiger partial charge in [-0.15, -0.1) is 0 Å². The molecule has 90 valence electrons. The molecule has 0 amide bonds.